The van der Waals surface area contributed by atoms with E-state index in [2.05, 4.69) is 0 Å². The molecule has 2 aromatic rings. The van der Waals surface area contributed by atoms with E-state index in [1.165, 1.54) is 0 Å². The molecule has 2 aromatic carbocycles. The second-order valence-corrected chi connectivity index (χ2v) is 5.98. The Kier molecular flexibility index (Phi) is 3.46. The molecule has 1 N–H and O–H groups in total. The third-order valence-corrected chi connectivity index (χ3v) is 4.64. The molecule has 2 aliphatic heterocycles. The van der Waals surface area contributed by atoms with Gasteiger partial charge >= 0.3 is 0 Å². The van der Waals surface area contributed by atoms with Crippen LogP contribution in [0.15, 0.2) is 60.7 Å². The van der Waals surface area contributed by atoms with Crippen molar-refractivity contribution in [3.8, 4) is 0 Å². The summed E-state index contributed by atoms with van der Waals surface area (Å²) in [6, 6.07) is 17.8. The van der Waals surface area contributed by atoms with Gasteiger partial charge < -0.3 is 5.21 Å². The number of fused-ring (bicyclic) bond motifs is 1. The molecule has 0 unspecified atom stereocenters. The SMILES string of the molecule is O=C1CCN2[C@H](c3ccccc3)C(=[N+]([O-])O)[C@H](c3ccccc3)N12. The second-order valence-electron chi connectivity index (χ2n) is 5.98. The predicted molar refractivity (Wildman–Crippen MR) is 87.0 cm³/mol. The molecule has 0 spiro atoms. The Labute approximate surface area is 139 Å². The second kappa shape index (κ2) is 5.65. The van der Waals surface area contributed by atoms with Crippen molar-refractivity contribution < 1.29 is 14.9 Å². The van der Waals surface area contributed by atoms with Crippen molar-refractivity contribution in [1.29, 1.82) is 0 Å². The minimum Gasteiger partial charge on any atom is -0.417 e. The first-order valence-electron chi connectivity index (χ1n) is 7.90. The minimum absolute atomic E-state index is 0.0402. The van der Waals surface area contributed by atoms with Crippen LogP contribution < -0.4 is 0 Å². The molecule has 4 rings (SSSR count). The van der Waals surface area contributed by atoms with Crippen molar-refractivity contribution in [1.82, 2.24) is 10.0 Å². The van der Waals surface area contributed by atoms with Crippen molar-refractivity contribution in [3.05, 3.63) is 77.0 Å². The Morgan fingerprint density at radius 3 is 2.04 bits per heavy atom. The molecule has 1 amide bonds. The van der Waals surface area contributed by atoms with Crippen LogP contribution in [0.1, 0.15) is 29.6 Å². The van der Waals surface area contributed by atoms with Crippen LogP contribution in [0.4, 0.5) is 0 Å². The average Bonchev–Trinajstić information content (AvgIpc) is 3.14. The number of carbonyl (C=O) groups excluding carboxylic acids is 1. The lowest BCUT2D eigenvalue weighted by atomic mass is 9.94. The van der Waals surface area contributed by atoms with Gasteiger partial charge in [0, 0.05) is 17.9 Å². The van der Waals surface area contributed by atoms with Crippen LogP contribution in [0.2, 0.25) is 0 Å². The van der Waals surface area contributed by atoms with Gasteiger partial charge in [-0.15, -0.1) is 0 Å². The van der Waals surface area contributed by atoms with E-state index in [0.717, 1.165) is 11.1 Å². The summed E-state index contributed by atoms with van der Waals surface area (Å²) in [5.74, 6) is -0.0402. The van der Waals surface area contributed by atoms with Crippen LogP contribution in [-0.4, -0.2) is 38.3 Å². The fourth-order valence-electron chi connectivity index (χ4n) is 3.68. The summed E-state index contributed by atoms with van der Waals surface area (Å²) in [6.45, 7) is 0.527. The molecular formula is C18H17N3O3. The molecule has 24 heavy (non-hydrogen) atoms. The van der Waals surface area contributed by atoms with E-state index in [9.17, 15) is 15.2 Å². The van der Waals surface area contributed by atoms with Gasteiger partial charge in [0.2, 0.25) is 5.91 Å². The van der Waals surface area contributed by atoms with Gasteiger partial charge in [0.25, 0.3) is 5.71 Å². The maximum absolute atomic E-state index is 12.5. The maximum atomic E-state index is 12.5. The summed E-state index contributed by atoms with van der Waals surface area (Å²) in [4.78, 5) is 12.4. The highest BCUT2D eigenvalue weighted by molar-refractivity contribution is 5.98. The zero-order valence-electron chi connectivity index (χ0n) is 12.9. The molecule has 2 heterocycles. The molecule has 6 nitrogen and oxygen atoms in total. The van der Waals surface area contributed by atoms with E-state index in [1.54, 1.807) is 5.01 Å². The van der Waals surface area contributed by atoms with Gasteiger partial charge in [-0.05, 0) is 11.1 Å². The van der Waals surface area contributed by atoms with Crippen LogP contribution >= 0.6 is 0 Å². The fourth-order valence-corrected chi connectivity index (χ4v) is 3.68. The van der Waals surface area contributed by atoms with E-state index < -0.39 is 12.1 Å². The summed E-state index contributed by atoms with van der Waals surface area (Å²) < 4.78 is 0. The number of hydrazine groups is 1. The normalized spacial score (nSPS) is 25.8. The number of nitrogens with zero attached hydrogens (tertiary/aromatic N) is 3. The van der Waals surface area contributed by atoms with E-state index in [4.69, 9.17) is 0 Å². The minimum atomic E-state index is -0.589. The molecule has 122 valence electrons. The largest absolute Gasteiger partial charge is 0.417 e. The molecule has 0 bridgehead atoms. The van der Waals surface area contributed by atoms with Crippen LogP contribution in [0.5, 0.6) is 0 Å². The summed E-state index contributed by atoms with van der Waals surface area (Å²) in [6.07, 6.45) is 0.407. The first-order valence-corrected chi connectivity index (χ1v) is 7.90. The summed E-state index contributed by atoms with van der Waals surface area (Å²) in [7, 11) is 0. The predicted octanol–water partition coefficient (Wildman–Crippen LogP) is 2.27. The Morgan fingerprint density at radius 1 is 0.958 bits per heavy atom. The number of carbonyl (C=O) groups is 1. The number of hydrogen-bond acceptors (Lipinski definition) is 4. The standard InChI is InChI=1S/C18H17N3O3/c22-15-11-12-19-16(13-7-3-1-4-8-13)18(21(23)24)17(20(15)19)14-9-5-2-6-10-14/h1-10,16-17H,11-12H2,(H,23,24)/t16-,17+/m1/s1. The number of benzene rings is 2. The first kappa shape index (κ1) is 14.7. The van der Waals surface area contributed by atoms with Crippen molar-refractivity contribution in [2.24, 2.45) is 0 Å². The lowest BCUT2D eigenvalue weighted by Crippen LogP contribution is -2.35. The smallest absolute Gasteiger partial charge is 0.273 e. The number of hydrogen-bond donors (Lipinski definition) is 1. The van der Waals surface area contributed by atoms with Gasteiger partial charge in [0.15, 0.2) is 6.04 Å². The molecule has 0 aliphatic carbocycles. The van der Waals surface area contributed by atoms with Gasteiger partial charge in [-0.2, -0.15) is 5.01 Å². The molecule has 0 aromatic heterocycles. The highest BCUT2D eigenvalue weighted by atomic mass is 16.8. The molecule has 0 saturated carbocycles. The summed E-state index contributed by atoms with van der Waals surface area (Å²) >= 11 is 0. The molecule has 2 aliphatic rings. The van der Waals surface area contributed by atoms with E-state index in [1.807, 2.05) is 65.7 Å². The lowest BCUT2D eigenvalue weighted by Gasteiger charge is -2.25. The van der Waals surface area contributed by atoms with E-state index in [0.29, 0.717) is 13.0 Å². The lowest BCUT2D eigenvalue weighted by molar-refractivity contribution is -0.728. The van der Waals surface area contributed by atoms with Crippen molar-refractivity contribution >= 4 is 11.6 Å². The molecule has 0 radical (unpaired) electrons. The van der Waals surface area contributed by atoms with Gasteiger partial charge in [-0.3, -0.25) is 15.0 Å². The monoisotopic (exact) mass is 323 g/mol. The highest BCUT2D eigenvalue weighted by Crippen LogP contribution is 2.44. The fraction of sp³-hybridized carbons (Fsp3) is 0.222. The van der Waals surface area contributed by atoms with Crippen LogP contribution in [-0.2, 0) is 4.79 Å². The van der Waals surface area contributed by atoms with Crippen LogP contribution in [0, 0.1) is 5.21 Å². The van der Waals surface area contributed by atoms with Gasteiger partial charge in [-0.25, -0.2) is 0 Å². The topological polar surface area (TPSA) is 69.8 Å². The maximum Gasteiger partial charge on any atom is 0.273 e. The number of amides is 1. The Hall–Kier alpha value is -2.86. The highest BCUT2D eigenvalue weighted by Gasteiger charge is 2.56. The van der Waals surface area contributed by atoms with Crippen molar-refractivity contribution in [2.45, 2.75) is 18.5 Å². The van der Waals surface area contributed by atoms with Gasteiger partial charge in [0.05, 0.1) is 0 Å². The summed E-state index contributed by atoms with van der Waals surface area (Å²) in [5, 5.41) is 25.4. The Bertz CT molecular complexity index is 788. The van der Waals surface area contributed by atoms with E-state index in [-0.39, 0.29) is 16.5 Å². The van der Waals surface area contributed by atoms with Gasteiger partial charge in [0.1, 0.15) is 6.04 Å². The Balaban J connectivity index is 1.90. The molecule has 2 atom stereocenters. The van der Waals surface area contributed by atoms with Gasteiger partial charge in [-0.1, -0.05) is 60.7 Å². The zero-order chi connectivity index (χ0) is 16.7. The average molecular weight is 323 g/mol. The zero-order valence-corrected chi connectivity index (χ0v) is 12.9. The molecule has 2 fully saturated rings. The molecule has 6 heteroatoms. The van der Waals surface area contributed by atoms with Crippen LogP contribution in [0.3, 0.4) is 0 Å². The molecule has 2 saturated heterocycles. The van der Waals surface area contributed by atoms with Crippen molar-refractivity contribution in [3.63, 3.8) is 0 Å². The summed E-state index contributed by atoms with van der Waals surface area (Å²) in [5.41, 5.74) is 1.93. The number of rotatable bonds is 2. The molecular weight excluding hydrogens is 306 g/mol. The van der Waals surface area contributed by atoms with Crippen molar-refractivity contribution in [2.75, 3.05) is 6.54 Å². The van der Waals surface area contributed by atoms with E-state index >= 15 is 0 Å². The third kappa shape index (κ3) is 2.15. The first-order chi connectivity index (χ1) is 11.7. The quantitative estimate of drug-likeness (QED) is 0.523. The third-order valence-electron chi connectivity index (χ3n) is 4.64. The Morgan fingerprint density at radius 2 is 1.50 bits per heavy atom. The van der Waals surface area contributed by atoms with Crippen LogP contribution in [0.25, 0.3) is 0 Å².